The lowest BCUT2D eigenvalue weighted by atomic mass is 9.67. The van der Waals surface area contributed by atoms with Gasteiger partial charge >= 0.3 is 12.1 Å². The minimum Gasteiger partial charge on any atom is -0.451 e. The highest BCUT2D eigenvalue weighted by Gasteiger charge is 2.37. The van der Waals surface area contributed by atoms with Gasteiger partial charge in [0.2, 0.25) is 0 Å². The van der Waals surface area contributed by atoms with Crippen molar-refractivity contribution in [3.63, 3.8) is 0 Å². The van der Waals surface area contributed by atoms with Gasteiger partial charge in [-0.25, -0.2) is 9.59 Å². The molecule has 140 valence electrons. The lowest BCUT2D eigenvalue weighted by molar-refractivity contribution is 0.105. The molecule has 0 radical (unpaired) electrons. The summed E-state index contributed by atoms with van der Waals surface area (Å²) in [5.74, 6) is 2.51. The summed E-state index contributed by atoms with van der Waals surface area (Å²) in [5.41, 5.74) is 0. The molecule has 2 N–H and O–H groups in total. The third kappa shape index (κ3) is 7.66. The summed E-state index contributed by atoms with van der Waals surface area (Å²) in [7, 11) is 6.49. The lowest BCUT2D eigenvalue weighted by Gasteiger charge is -2.43. The van der Waals surface area contributed by atoms with Crippen molar-refractivity contribution >= 4 is 18.5 Å². The van der Waals surface area contributed by atoms with Crippen LogP contribution in [0.3, 0.4) is 0 Å². The highest BCUT2D eigenvalue weighted by atomic mass is 16.5. The molecule has 4 unspecified atom stereocenters. The van der Waals surface area contributed by atoms with Crippen molar-refractivity contribution in [2.45, 2.75) is 40.2 Å². The first-order chi connectivity index (χ1) is 11.1. The second-order valence-corrected chi connectivity index (χ2v) is 6.84. The van der Waals surface area contributed by atoms with Crippen LogP contribution in [0, 0.1) is 23.7 Å². The van der Waals surface area contributed by atoms with Gasteiger partial charge in [-0.1, -0.05) is 27.7 Å². The first-order valence-electron chi connectivity index (χ1n) is 8.40. The minimum absolute atomic E-state index is 0.0556. The number of carbonyl (C=O) groups is 2. The molecule has 24 heavy (non-hydrogen) atoms. The predicted octanol–water partition coefficient (Wildman–Crippen LogP) is 2.57. The van der Waals surface area contributed by atoms with Crippen LogP contribution in [-0.2, 0) is 4.74 Å². The highest BCUT2D eigenvalue weighted by molar-refractivity contribution is 5.78. The predicted molar refractivity (Wildman–Crippen MR) is 97.2 cm³/mol. The van der Waals surface area contributed by atoms with Crippen LogP contribution in [0.25, 0.3) is 0 Å². The van der Waals surface area contributed by atoms with E-state index >= 15 is 0 Å². The molecule has 0 aromatic carbocycles. The van der Waals surface area contributed by atoms with Gasteiger partial charge in [-0.3, -0.25) is 0 Å². The van der Waals surface area contributed by atoms with Gasteiger partial charge in [-0.05, 0) is 30.1 Å². The van der Waals surface area contributed by atoms with Crippen LogP contribution in [-0.4, -0.2) is 57.7 Å². The molecule has 1 aliphatic rings. The van der Waals surface area contributed by atoms with Gasteiger partial charge in [0, 0.05) is 27.2 Å². The molecule has 0 bridgehead atoms. The minimum atomic E-state index is -0.580. The first-order valence-corrected chi connectivity index (χ1v) is 8.40. The third-order valence-corrected chi connectivity index (χ3v) is 4.77. The van der Waals surface area contributed by atoms with Crippen LogP contribution in [0.2, 0.25) is 0 Å². The average Bonchev–Trinajstić information content (AvgIpc) is 2.54. The van der Waals surface area contributed by atoms with E-state index in [2.05, 4.69) is 48.1 Å². The Hall–Kier alpha value is -1.79. The number of nitrogens with zero attached hydrogens (tertiary/aromatic N) is 2. The van der Waals surface area contributed by atoms with Crippen molar-refractivity contribution in [2.75, 3.05) is 28.3 Å². The zero-order valence-corrected chi connectivity index (χ0v) is 16.3. The molecule has 0 aromatic rings. The Morgan fingerprint density at radius 1 is 1.12 bits per heavy atom. The molecule has 0 heterocycles. The van der Waals surface area contributed by atoms with Crippen molar-refractivity contribution in [3.05, 3.63) is 0 Å². The van der Waals surface area contributed by atoms with E-state index in [1.165, 1.54) is 19.9 Å². The van der Waals surface area contributed by atoms with Gasteiger partial charge in [0.05, 0.1) is 13.4 Å². The lowest BCUT2D eigenvalue weighted by Crippen LogP contribution is -2.52. The normalized spacial score (nSPS) is 29.2. The molecule has 1 fully saturated rings. The number of hydrogen-bond donors (Lipinski definition) is 2. The molecule has 0 aliphatic heterocycles. The Balaban J connectivity index is 0.000000506. The highest BCUT2D eigenvalue weighted by Crippen LogP contribution is 2.37. The summed E-state index contributed by atoms with van der Waals surface area (Å²) in [6.45, 7) is 9.05. The third-order valence-electron chi connectivity index (χ3n) is 4.77. The second-order valence-electron chi connectivity index (χ2n) is 6.84. The molecule has 0 saturated heterocycles. The Labute approximate surface area is 146 Å². The van der Waals surface area contributed by atoms with Gasteiger partial charge < -0.3 is 20.3 Å². The van der Waals surface area contributed by atoms with Crippen molar-refractivity contribution in [1.29, 1.82) is 0 Å². The van der Waals surface area contributed by atoms with Gasteiger partial charge in [-0.15, -0.1) is 0 Å². The summed E-state index contributed by atoms with van der Waals surface area (Å²) in [5, 5.41) is 5.71. The summed E-state index contributed by atoms with van der Waals surface area (Å²) < 4.78 is 4.24. The van der Waals surface area contributed by atoms with Gasteiger partial charge in [-0.2, -0.15) is 4.99 Å². The van der Waals surface area contributed by atoms with E-state index in [4.69, 9.17) is 0 Å². The zero-order chi connectivity index (χ0) is 18.9. The van der Waals surface area contributed by atoms with Crippen LogP contribution in [0.15, 0.2) is 4.99 Å². The largest absolute Gasteiger partial charge is 0.451 e. The maximum Gasteiger partial charge on any atom is 0.434 e. The van der Waals surface area contributed by atoms with E-state index in [0.29, 0.717) is 29.7 Å². The molecule has 7 nitrogen and oxygen atoms in total. The van der Waals surface area contributed by atoms with Crippen LogP contribution >= 0.6 is 0 Å². The Kier molecular flexibility index (Phi) is 10.1. The second kappa shape index (κ2) is 10.9. The zero-order valence-electron chi connectivity index (χ0n) is 16.3. The number of ether oxygens (including phenoxy) is 1. The summed E-state index contributed by atoms with van der Waals surface area (Å²) >= 11 is 0. The molecule has 0 aromatic heterocycles. The average molecular weight is 342 g/mol. The van der Waals surface area contributed by atoms with Crippen LogP contribution < -0.4 is 10.6 Å². The number of amides is 3. The summed E-state index contributed by atoms with van der Waals surface area (Å²) in [6.07, 6.45) is 2.07. The van der Waals surface area contributed by atoms with E-state index < -0.39 is 6.09 Å². The fourth-order valence-corrected chi connectivity index (χ4v) is 2.90. The van der Waals surface area contributed by atoms with E-state index in [-0.39, 0.29) is 6.03 Å². The molecule has 3 amide bonds. The summed E-state index contributed by atoms with van der Waals surface area (Å²) in [6, 6.07) is 0.253. The molecule has 1 aliphatic carbocycles. The maximum absolute atomic E-state index is 11.4. The number of rotatable bonds is 2. The topological polar surface area (TPSA) is 83.0 Å². The van der Waals surface area contributed by atoms with E-state index in [0.717, 1.165) is 0 Å². The number of nitrogens with one attached hydrogen (secondary N) is 2. The molecular weight excluding hydrogens is 308 g/mol. The van der Waals surface area contributed by atoms with Gasteiger partial charge in [0.25, 0.3) is 0 Å². The fourth-order valence-electron chi connectivity index (χ4n) is 2.90. The molecule has 4 atom stereocenters. The van der Waals surface area contributed by atoms with Crippen molar-refractivity contribution in [3.8, 4) is 0 Å². The molecule has 1 saturated carbocycles. The first kappa shape index (κ1) is 22.2. The Morgan fingerprint density at radius 3 is 2.00 bits per heavy atom. The van der Waals surface area contributed by atoms with Crippen LogP contribution in [0.4, 0.5) is 9.59 Å². The van der Waals surface area contributed by atoms with E-state index in [9.17, 15) is 9.59 Å². The van der Waals surface area contributed by atoms with Gasteiger partial charge in [0.15, 0.2) is 0 Å². The smallest absolute Gasteiger partial charge is 0.434 e. The summed E-state index contributed by atoms with van der Waals surface area (Å²) in [4.78, 5) is 26.7. The maximum atomic E-state index is 11.4. The van der Waals surface area contributed by atoms with E-state index in [1.54, 1.807) is 26.0 Å². The molecular formula is C17H34N4O3. The fraction of sp³-hybridized carbons (Fsp3) is 0.824. The number of carbonyl (C=O) groups excluding carboxylic acids is 2. The number of methoxy groups -OCH3 is 1. The monoisotopic (exact) mass is 342 g/mol. The molecule has 1 rings (SSSR count). The number of urea groups is 1. The van der Waals surface area contributed by atoms with Crippen molar-refractivity contribution in [1.82, 2.24) is 15.5 Å². The quantitative estimate of drug-likeness (QED) is 0.597. The van der Waals surface area contributed by atoms with Gasteiger partial charge in [0.1, 0.15) is 0 Å². The standard InChI is InChI=1S/C12H24N2O.C5H10N2O2/c1-7-6-8(2)10(4)11(9(7)3)14-12(15)13-5;1-7(2)4-6-5(8)9-3/h7-11H,6H2,1-5H3,(H2,13,14,15);4H,1-3H3. The SMILES string of the molecule is CNC(=O)NC1C(C)C(C)CC(C)C1C.COC(=O)N=CN(C)C. The number of hydrogen-bond acceptors (Lipinski definition) is 3. The van der Waals surface area contributed by atoms with Crippen molar-refractivity contribution < 1.29 is 14.3 Å². The Bertz CT molecular complexity index is 412. The van der Waals surface area contributed by atoms with E-state index in [1.807, 2.05) is 0 Å². The van der Waals surface area contributed by atoms with Crippen molar-refractivity contribution in [2.24, 2.45) is 28.7 Å². The van der Waals surface area contributed by atoms with Crippen LogP contribution in [0.5, 0.6) is 0 Å². The van der Waals surface area contributed by atoms with Crippen LogP contribution in [0.1, 0.15) is 34.1 Å². The Morgan fingerprint density at radius 2 is 1.62 bits per heavy atom. The molecule has 7 heteroatoms. The number of aliphatic imine (C=N–C) groups is 1. The molecule has 0 spiro atoms.